The van der Waals surface area contributed by atoms with Crippen molar-refractivity contribution in [3.8, 4) is 0 Å². The van der Waals surface area contributed by atoms with Crippen molar-refractivity contribution in [1.82, 2.24) is 5.32 Å². The number of nitrogens with one attached hydrogen (secondary N) is 2. The summed E-state index contributed by atoms with van der Waals surface area (Å²) < 4.78 is 31.5. The highest BCUT2D eigenvalue weighted by molar-refractivity contribution is 7.86. The Balaban J connectivity index is 2.77. The molecule has 7 nitrogen and oxygen atoms in total. The van der Waals surface area contributed by atoms with Crippen molar-refractivity contribution >= 4 is 27.5 Å². The van der Waals surface area contributed by atoms with Gasteiger partial charge in [-0.2, -0.15) is 8.42 Å². The molecule has 0 aromatic rings. The third kappa shape index (κ3) is 4.35. The number of rotatable bonds is 6. The Kier molecular flexibility index (Phi) is 5.78. The average Bonchev–Trinajstić information content (AvgIpc) is 2.40. The monoisotopic (exact) mass is 328 g/mol. The zero-order valence-electron chi connectivity index (χ0n) is 12.7. The van der Waals surface area contributed by atoms with Crippen LogP contribution in [0.1, 0.15) is 27.2 Å². The van der Waals surface area contributed by atoms with Gasteiger partial charge in [0.15, 0.2) is 11.5 Å². The molecule has 1 rings (SSSR count). The van der Waals surface area contributed by atoms with Gasteiger partial charge in [0.05, 0.1) is 5.25 Å². The van der Waals surface area contributed by atoms with Crippen molar-refractivity contribution < 1.29 is 22.6 Å². The smallest absolute Gasteiger partial charge is 0.277 e. The van der Waals surface area contributed by atoms with Gasteiger partial charge in [0.1, 0.15) is 0 Å². The van der Waals surface area contributed by atoms with Crippen LogP contribution in [-0.2, 0) is 19.7 Å². The molecule has 1 saturated carbocycles. The molecule has 1 amide bonds. The van der Waals surface area contributed by atoms with Crippen LogP contribution in [0.2, 0.25) is 0 Å². The minimum Gasteiger partial charge on any atom is -0.321 e. The zero-order chi connectivity index (χ0) is 17.1. The van der Waals surface area contributed by atoms with E-state index in [2.05, 4.69) is 5.32 Å². The first-order valence-electron chi connectivity index (χ1n) is 6.79. The van der Waals surface area contributed by atoms with E-state index in [1.165, 1.54) is 6.08 Å². The van der Waals surface area contributed by atoms with Crippen molar-refractivity contribution in [3.63, 3.8) is 0 Å². The fourth-order valence-corrected chi connectivity index (χ4v) is 3.57. The molecule has 0 radical (unpaired) electrons. The molecule has 1 aliphatic carbocycles. The molecule has 1 fully saturated rings. The molecule has 22 heavy (non-hydrogen) atoms. The summed E-state index contributed by atoms with van der Waals surface area (Å²) in [7, 11) is -4.09. The van der Waals surface area contributed by atoms with E-state index in [0.29, 0.717) is 12.1 Å². The maximum atomic E-state index is 11.6. The Hall–Kier alpha value is -1.80. The molecule has 122 valence electrons. The Morgan fingerprint density at radius 2 is 1.95 bits per heavy atom. The highest BCUT2D eigenvalue weighted by Gasteiger charge is 2.44. The standard InChI is InChI=1S/C14H20N2O5S/c1-4-10(16-14(18)13(15)9(3)17)5-6-11-8(2)7-12(11)22(19,20)21/h4-6,8,11-12,15H,7H2,1-3H3,(H,16,18)(H,19,20,21)/b6-5-,10-4+,15-13?. The topological polar surface area (TPSA) is 124 Å². The molecule has 3 unspecified atom stereocenters. The Bertz CT molecular complexity index is 648. The van der Waals surface area contributed by atoms with E-state index >= 15 is 0 Å². The molecule has 0 heterocycles. The van der Waals surface area contributed by atoms with E-state index < -0.39 is 32.8 Å². The van der Waals surface area contributed by atoms with E-state index in [0.717, 1.165) is 6.92 Å². The highest BCUT2D eigenvalue weighted by Crippen LogP contribution is 2.39. The predicted molar refractivity (Wildman–Crippen MR) is 82.1 cm³/mol. The van der Waals surface area contributed by atoms with Gasteiger partial charge in [-0.05, 0) is 31.3 Å². The van der Waals surface area contributed by atoms with Crippen LogP contribution in [0.3, 0.4) is 0 Å². The lowest BCUT2D eigenvalue weighted by atomic mass is 9.74. The molecule has 3 atom stereocenters. The number of hydrogen-bond acceptors (Lipinski definition) is 5. The normalized spacial score (nSPS) is 25.6. The van der Waals surface area contributed by atoms with Crippen molar-refractivity contribution in [2.24, 2.45) is 11.8 Å². The molecule has 3 N–H and O–H groups in total. The van der Waals surface area contributed by atoms with Crippen molar-refractivity contribution in [1.29, 1.82) is 5.41 Å². The summed E-state index contributed by atoms with van der Waals surface area (Å²) in [5.74, 6) is -1.70. The van der Waals surface area contributed by atoms with E-state index in [-0.39, 0.29) is 11.8 Å². The minimum absolute atomic E-state index is 0.104. The van der Waals surface area contributed by atoms with Crippen LogP contribution in [0.15, 0.2) is 23.9 Å². The number of allylic oxidation sites excluding steroid dienone is 3. The van der Waals surface area contributed by atoms with Gasteiger partial charge in [0, 0.05) is 12.6 Å². The van der Waals surface area contributed by atoms with Crippen molar-refractivity contribution in [2.75, 3.05) is 0 Å². The van der Waals surface area contributed by atoms with Crippen LogP contribution in [0.4, 0.5) is 0 Å². The summed E-state index contributed by atoms with van der Waals surface area (Å²) in [5.41, 5.74) is -0.301. The number of carbonyl (C=O) groups excluding carboxylic acids is 2. The van der Waals surface area contributed by atoms with Gasteiger partial charge in [-0.3, -0.25) is 19.6 Å². The van der Waals surface area contributed by atoms with E-state index in [1.54, 1.807) is 19.1 Å². The third-order valence-electron chi connectivity index (χ3n) is 3.72. The summed E-state index contributed by atoms with van der Waals surface area (Å²) in [4.78, 5) is 22.6. The van der Waals surface area contributed by atoms with Crippen LogP contribution in [0.25, 0.3) is 0 Å². The summed E-state index contributed by atoms with van der Waals surface area (Å²) in [5, 5.41) is 8.87. The number of hydrogen-bond donors (Lipinski definition) is 3. The predicted octanol–water partition coefficient (Wildman–Crippen LogP) is 1.08. The largest absolute Gasteiger partial charge is 0.321 e. The quantitative estimate of drug-likeness (QED) is 0.291. The molecule has 0 aromatic heterocycles. The van der Waals surface area contributed by atoms with Gasteiger partial charge < -0.3 is 5.32 Å². The van der Waals surface area contributed by atoms with Crippen LogP contribution in [-0.4, -0.2) is 35.6 Å². The molecule has 1 aliphatic rings. The first-order chi connectivity index (χ1) is 10.1. The summed E-state index contributed by atoms with van der Waals surface area (Å²) in [6, 6.07) is 0. The molecule has 0 saturated heterocycles. The van der Waals surface area contributed by atoms with E-state index in [1.807, 2.05) is 6.92 Å². The van der Waals surface area contributed by atoms with Gasteiger partial charge in [0.25, 0.3) is 16.0 Å². The number of carbonyl (C=O) groups is 2. The van der Waals surface area contributed by atoms with Crippen molar-refractivity contribution in [2.45, 2.75) is 32.4 Å². The molecule has 0 aliphatic heterocycles. The van der Waals surface area contributed by atoms with Gasteiger partial charge >= 0.3 is 0 Å². The van der Waals surface area contributed by atoms with Crippen molar-refractivity contribution in [3.05, 3.63) is 23.9 Å². The SMILES string of the molecule is C/C=C(\C=C/C1C(C)CC1S(=O)(=O)O)NC(=O)C(=N)C(C)=O. The van der Waals surface area contributed by atoms with Gasteiger partial charge in [-0.15, -0.1) is 0 Å². The van der Waals surface area contributed by atoms with E-state index in [4.69, 9.17) is 9.96 Å². The lowest BCUT2D eigenvalue weighted by Crippen LogP contribution is -2.44. The van der Waals surface area contributed by atoms with Crippen LogP contribution >= 0.6 is 0 Å². The number of Topliss-reactive ketones (excluding diaryl/α,β-unsaturated/α-hetero) is 1. The second-order valence-electron chi connectivity index (χ2n) is 5.33. The zero-order valence-corrected chi connectivity index (χ0v) is 13.5. The maximum absolute atomic E-state index is 11.6. The van der Waals surface area contributed by atoms with Crippen LogP contribution in [0, 0.1) is 17.2 Å². The Morgan fingerprint density at radius 1 is 1.36 bits per heavy atom. The Morgan fingerprint density at radius 3 is 2.36 bits per heavy atom. The maximum Gasteiger partial charge on any atom is 0.277 e. The van der Waals surface area contributed by atoms with E-state index in [9.17, 15) is 18.0 Å². The lowest BCUT2D eigenvalue weighted by molar-refractivity contribution is -0.116. The number of amides is 1. The minimum atomic E-state index is -4.09. The molecule has 8 heteroatoms. The van der Waals surface area contributed by atoms with Crippen LogP contribution < -0.4 is 5.32 Å². The molecule has 0 spiro atoms. The average molecular weight is 328 g/mol. The second-order valence-corrected chi connectivity index (χ2v) is 6.97. The summed E-state index contributed by atoms with van der Waals surface area (Å²) in [6.07, 6.45) is 5.08. The highest BCUT2D eigenvalue weighted by atomic mass is 32.2. The number of ketones is 1. The fraction of sp³-hybridized carbons (Fsp3) is 0.500. The molecule has 0 aromatic carbocycles. The fourth-order valence-electron chi connectivity index (χ4n) is 2.26. The molecule has 0 bridgehead atoms. The lowest BCUT2D eigenvalue weighted by Gasteiger charge is -2.38. The van der Waals surface area contributed by atoms with Gasteiger partial charge in [-0.1, -0.05) is 19.1 Å². The molecular formula is C14H20N2O5S. The summed E-state index contributed by atoms with van der Waals surface area (Å²) >= 11 is 0. The van der Waals surface area contributed by atoms with Gasteiger partial charge in [-0.25, -0.2) is 0 Å². The second kappa shape index (κ2) is 6.97. The van der Waals surface area contributed by atoms with Crippen LogP contribution in [0.5, 0.6) is 0 Å². The Labute approximate surface area is 129 Å². The molecular weight excluding hydrogens is 308 g/mol. The first kappa shape index (κ1) is 18.2. The summed E-state index contributed by atoms with van der Waals surface area (Å²) in [6.45, 7) is 4.65. The van der Waals surface area contributed by atoms with Gasteiger partial charge in [0.2, 0.25) is 0 Å². The first-order valence-corrected chi connectivity index (χ1v) is 8.29. The third-order valence-corrected chi connectivity index (χ3v) is 4.99.